The van der Waals surface area contributed by atoms with E-state index in [0.717, 1.165) is 36.5 Å². The summed E-state index contributed by atoms with van der Waals surface area (Å²) in [6.07, 6.45) is 2.66. The smallest absolute Gasteiger partial charge is 0.191 e. The van der Waals surface area contributed by atoms with Gasteiger partial charge in [0.15, 0.2) is 5.96 Å². The maximum Gasteiger partial charge on any atom is 0.191 e. The number of thiophene rings is 1. The van der Waals surface area contributed by atoms with Crippen LogP contribution in [0.1, 0.15) is 38.5 Å². The van der Waals surface area contributed by atoms with Crippen molar-refractivity contribution in [2.24, 2.45) is 16.3 Å². The monoisotopic (exact) mass is 401 g/mol. The predicted octanol–water partition coefficient (Wildman–Crippen LogP) is 4.02. The van der Waals surface area contributed by atoms with Crippen molar-refractivity contribution in [3.8, 4) is 0 Å². The van der Waals surface area contributed by atoms with Crippen molar-refractivity contribution < 1.29 is 4.74 Å². The highest BCUT2D eigenvalue weighted by Gasteiger charge is 2.35. The predicted molar refractivity (Wildman–Crippen MR) is 102 cm³/mol. The van der Waals surface area contributed by atoms with Crippen LogP contribution in [-0.2, 0) is 11.3 Å². The molecule has 1 aliphatic rings. The lowest BCUT2D eigenvalue weighted by Crippen LogP contribution is -2.47. The molecule has 2 rings (SSSR count). The molecule has 1 aromatic rings. The number of hydrogen-bond acceptors (Lipinski definition) is 3. The zero-order valence-corrected chi connectivity index (χ0v) is 16.9. The van der Waals surface area contributed by atoms with Crippen LogP contribution in [0.15, 0.2) is 20.9 Å². The number of nitrogens with one attached hydrogen (secondary N) is 2. The summed E-state index contributed by atoms with van der Waals surface area (Å²) >= 11 is 5.23. The number of aliphatic imine (C=N–C) groups is 1. The molecule has 0 saturated carbocycles. The van der Waals surface area contributed by atoms with E-state index in [1.807, 2.05) is 7.05 Å². The fourth-order valence-electron chi connectivity index (χ4n) is 3.08. The summed E-state index contributed by atoms with van der Waals surface area (Å²) in [7, 11) is 1.82. The number of hydrogen-bond donors (Lipinski definition) is 2. The van der Waals surface area contributed by atoms with Gasteiger partial charge in [0.1, 0.15) is 0 Å². The quantitative estimate of drug-likeness (QED) is 0.591. The Bertz CT molecular complexity index is 524. The highest BCUT2D eigenvalue weighted by Crippen LogP contribution is 2.33. The molecule has 2 unspecified atom stereocenters. The fraction of sp³-hybridized carbons (Fsp3) is 0.706. The van der Waals surface area contributed by atoms with Crippen molar-refractivity contribution >= 4 is 33.2 Å². The third-order valence-electron chi connectivity index (χ3n) is 4.11. The van der Waals surface area contributed by atoms with E-state index >= 15 is 0 Å². The zero-order chi connectivity index (χ0) is 16.9. The Morgan fingerprint density at radius 1 is 1.43 bits per heavy atom. The van der Waals surface area contributed by atoms with Gasteiger partial charge in [-0.2, -0.15) is 0 Å². The van der Waals surface area contributed by atoms with Crippen LogP contribution in [-0.4, -0.2) is 32.3 Å². The molecule has 0 radical (unpaired) electrons. The van der Waals surface area contributed by atoms with Gasteiger partial charge >= 0.3 is 0 Å². The van der Waals surface area contributed by atoms with Gasteiger partial charge in [-0.05, 0) is 40.3 Å². The molecule has 0 aromatic carbocycles. The van der Waals surface area contributed by atoms with Gasteiger partial charge < -0.3 is 15.4 Å². The van der Waals surface area contributed by atoms with Gasteiger partial charge in [0.05, 0.1) is 12.6 Å². The number of nitrogens with zero attached hydrogens (tertiary/aromatic N) is 1. The van der Waals surface area contributed by atoms with Gasteiger partial charge in [0.25, 0.3) is 0 Å². The fourth-order valence-corrected chi connectivity index (χ4v) is 4.47. The molecule has 0 bridgehead atoms. The second kappa shape index (κ2) is 8.49. The second-order valence-electron chi connectivity index (χ2n) is 7.10. The maximum atomic E-state index is 6.05. The van der Waals surface area contributed by atoms with Crippen molar-refractivity contribution in [1.29, 1.82) is 0 Å². The molecule has 1 aromatic heterocycles. The minimum atomic E-state index is 0.174. The number of ether oxygens (including phenoxy) is 1. The lowest BCUT2D eigenvalue weighted by Gasteiger charge is -2.40. The number of halogens is 1. The van der Waals surface area contributed by atoms with Crippen molar-refractivity contribution in [3.05, 3.63) is 20.8 Å². The standard InChI is InChI=1S/C17H28BrN3OS/c1-17(2,3)15-12(6-5-7-22-15)9-20-16(19-4)21-10-14-8-13(18)11-23-14/h8,11-12,15H,5-7,9-10H2,1-4H3,(H2,19,20,21). The maximum absolute atomic E-state index is 6.05. The van der Waals surface area contributed by atoms with Crippen LogP contribution in [0.4, 0.5) is 0 Å². The van der Waals surface area contributed by atoms with Crippen LogP contribution in [0.5, 0.6) is 0 Å². The lowest BCUT2D eigenvalue weighted by atomic mass is 9.78. The largest absolute Gasteiger partial charge is 0.377 e. The molecule has 1 aliphatic heterocycles. The van der Waals surface area contributed by atoms with Crippen molar-refractivity contribution in [2.45, 2.75) is 46.3 Å². The highest BCUT2D eigenvalue weighted by atomic mass is 79.9. The summed E-state index contributed by atoms with van der Waals surface area (Å²) < 4.78 is 7.18. The molecule has 0 aliphatic carbocycles. The first-order valence-electron chi connectivity index (χ1n) is 8.19. The molecule has 1 saturated heterocycles. The Hall–Kier alpha value is -0.590. The second-order valence-corrected chi connectivity index (χ2v) is 9.01. The molecule has 0 amide bonds. The van der Waals surface area contributed by atoms with Crippen LogP contribution in [0.3, 0.4) is 0 Å². The average Bonchev–Trinajstić information content (AvgIpc) is 2.92. The van der Waals surface area contributed by atoms with Crippen LogP contribution >= 0.6 is 27.3 Å². The minimum absolute atomic E-state index is 0.174. The Morgan fingerprint density at radius 3 is 2.83 bits per heavy atom. The van der Waals surface area contributed by atoms with Crippen LogP contribution in [0.25, 0.3) is 0 Å². The summed E-state index contributed by atoms with van der Waals surface area (Å²) in [5.41, 5.74) is 0.174. The lowest BCUT2D eigenvalue weighted by molar-refractivity contribution is -0.0835. The zero-order valence-electron chi connectivity index (χ0n) is 14.5. The van der Waals surface area contributed by atoms with E-state index in [9.17, 15) is 0 Å². The summed E-state index contributed by atoms with van der Waals surface area (Å²) in [5, 5.41) is 8.95. The van der Waals surface area contributed by atoms with Crippen molar-refractivity contribution in [2.75, 3.05) is 20.2 Å². The molecule has 2 atom stereocenters. The first kappa shape index (κ1) is 18.7. The first-order chi connectivity index (χ1) is 10.9. The number of guanidine groups is 1. The molecule has 2 N–H and O–H groups in total. The molecular weight excluding hydrogens is 374 g/mol. The van der Waals surface area contributed by atoms with E-state index in [0.29, 0.717) is 12.0 Å². The summed E-state index contributed by atoms with van der Waals surface area (Å²) in [6, 6.07) is 2.13. The molecular formula is C17H28BrN3OS. The van der Waals surface area contributed by atoms with E-state index < -0.39 is 0 Å². The first-order valence-corrected chi connectivity index (χ1v) is 9.86. The Kier molecular flexibility index (Phi) is 6.92. The van der Waals surface area contributed by atoms with Crippen LogP contribution < -0.4 is 10.6 Å². The molecule has 2 heterocycles. The molecule has 1 fully saturated rings. The van der Waals surface area contributed by atoms with E-state index in [2.05, 4.69) is 63.8 Å². The van der Waals surface area contributed by atoms with Gasteiger partial charge in [0.2, 0.25) is 0 Å². The van der Waals surface area contributed by atoms with Crippen molar-refractivity contribution in [1.82, 2.24) is 10.6 Å². The van der Waals surface area contributed by atoms with Gasteiger partial charge in [0, 0.05) is 40.8 Å². The Balaban J connectivity index is 1.84. The number of rotatable bonds is 4. The van der Waals surface area contributed by atoms with Gasteiger partial charge in [-0.3, -0.25) is 4.99 Å². The van der Waals surface area contributed by atoms with Gasteiger partial charge in [-0.1, -0.05) is 20.8 Å². The SMILES string of the molecule is CN=C(NCc1cc(Br)cs1)NCC1CCCOC1C(C)(C)C. The van der Waals surface area contributed by atoms with Gasteiger partial charge in [-0.15, -0.1) is 11.3 Å². The molecule has 130 valence electrons. The van der Waals surface area contributed by atoms with Gasteiger partial charge in [-0.25, -0.2) is 0 Å². The molecule has 4 nitrogen and oxygen atoms in total. The highest BCUT2D eigenvalue weighted by molar-refractivity contribution is 9.10. The Morgan fingerprint density at radius 2 is 2.22 bits per heavy atom. The average molecular weight is 402 g/mol. The third kappa shape index (κ3) is 5.76. The normalized spacial score (nSPS) is 22.9. The van der Waals surface area contributed by atoms with Crippen molar-refractivity contribution in [3.63, 3.8) is 0 Å². The van der Waals surface area contributed by atoms with E-state index in [1.165, 1.54) is 11.3 Å². The molecule has 6 heteroatoms. The minimum Gasteiger partial charge on any atom is -0.377 e. The van der Waals surface area contributed by atoms with E-state index in [-0.39, 0.29) is 5.41 Å². The van der Waals surface area contributed by atoms with Crippen LogP contribution in [0, 0.1) is 11.3 Å². The van der Waals surface area contributed by atoms with E-state index in [4.69, 9.17) is 4.74 Å². The van der Waals surface area contributed by atoms with E-state index in [1.54, 1.807) is 11.3 Å². The summed E-state index contributed by atoms with van der Waals surface area (Å²) in [5.74, 6) is 1.38. The topological polar surface area (TPSA) is 45.7 Å². The van der Waals surface area contributed by atoms with Crippen LogP contribution in [0.2, 0.25) is 0 Å². The Labute approximate surface area is 152 Å². The molecule has 23 heavy (non-hydrogen) atoms. The summed E-state index contributed by atoms with van der Waals surface area (Å²) in [6.45, 7) is 9.36. The molecule has 0 spiro atoms. The summed E-state index contributed by atoms with van der Waals surface area (Å²) in [4.78, 5) is 5.61. The third-order valence-corrected chi connectivity index (χ3v) is 5.80.